The smallest absolute Gasteiger partial charge is 0.125 e. The molecular weight excluding hydrogens is 370 g/mol. The molecule has 1 aliphatic rings. The van der Waals surface area contributed by atoms with Crippen LogP contribution >= 0.6 is 24.2 Å². The number of halogens is 1. The Morgan fingerprint density at radius 3 is 1.37 bits per heavy atom. The van der Waals surface area contributed by atoms with E-state index in [0.29, 0.717) is 0 Å². The maximum atomic E-state index is 2.31. The van der Waals surface area contributed by atoms with E-state index >= 15 is 0 Å². The first-order chi connectivity index (χ1) is 12.8. The van der Waals surface area contributed by atoms with Gasteiger partial charge in [-0.25, -0.2) is 0 Å². The summed E-state index contributed by atoms with van der Waals surface area (Å²) in [5.74, 6) is 2.82. The van der Waals surface area contributed by atoms with Crippen LogP contribution in [0.1, 0.15) is 123 Å². The summed E-state index contributed by atoms with van der Waals surface area (Å²) < 4.78 is 1.45. The van der Waals surface area contributed by atoms with Crippen LogP contribution in [0.15, 0.2) is 0 Å². The summed E-state index contributed by atoms with van der Waals surface area (Å²) in [4.78, 5) is 0. The van der Waals surface area contributed by atoms with Gasteiger partial charge in [0.2, 0.25) is 0 Å². The van der Waals surface area contributed by atoms with Gasteiger partial charge in [0, 0.05) is 12.2 Å². The molecule has 1 rings (SSSR count). The Balaban J connectivity index is 0.00000676. The molecule has 1 aliphatic heterocycles. The van der Waals surface area contributed by atoms with Gasteiger partial charge in [-0.15, -0.1) is 24.2 Å². The molecule has 0 aromatic carbocycles. The normalized spacial score (nSPS) is 16.2. The molecule has 0 bridgehead atoms. The van der Waals surface area contributed by atoms with Crippen LogP contribution in [-0.2, 0) is 0 Å². The fourth-order valence-electron chi connectivity index (χ4n) is 4.45. The van der Waals surface area contributed by atoms with Crippen molar-refractivity contribution in [2.75, 3.05) is 31.3 Å². The lowest BCUT2D eigenvalue weighted by Gasteiger charge is -2.41. The number of nitrogens with zero attached hydrogens (tertiary/aromatic N) is 1. The summed E-state index contributed by atoms with van der Waals surface area (Å²) in [5.41, 5.74) is 0. The highest BCUT2D eigenvalue weighted by Crippen LogP contribution is 2.25. The van der Waals surface area contributed by atoms with Crippen LogP contribution in [-0.4, -0.2) is 35.7 Å². The van der Waals surface area contributed by atoms with Crippen LogP contribution in [0.4, 0.5) is 0 Å². The van der Waals surface area contributed by atoms with E-state index in [-0.39, 0.29) is 12.4 Å². The number of unbranched alkanes of at least 4 members (excludes halogenated alkanes) is 14. The molecule has 0 aliphatic carbocycles. The van der Waals surface area contributed by atoms with E-state index in [0.717, 1.165) is 0 Å². The SMILES string of the molecule is CCCCCCCCCC[N+]1(CCCCCCCCCC)CCCSC1.Cl. The Morgan fingerprint density at radius 1 is 0.593 bits per heavy atom. The summed E-state index contributed by atoms with van der Waals surface area (Å²) in [6.45, 7) is 9.04. The van der Waals surface area contributed by atoms with Gasteiger partial charge in [0.15, 0.2) is 0 Å². The van der Waals surface area contributed by atoms with Crippen LogP contribution in [0, 0.1) is 0 Å². The summed E-state index contributed by atoms with van der Waals surface area (Å²) in [6.07, 6.45) is 24.8. The molecule has 27 heavy (non-hydrogen) atoms. The van der Waals surface area contributed by atoms with E-state index in [1.807, 2.05) is 0 Å². The number of thioether (sulfide) groups is 1. The third kappa shape index (κ3) is 15.1. The zero-order valence-electron chi connectivity index (χ0n) is 18.8. The number of hydrogen-bond donors (Lipinski definition) is 0. The molecule has 1 saturated heterocycles. The molecule has 1 fully saturated rings. The van der Waals surface area contributed by atoms with E-state index in [1.54, 1.807) is 0 Å². The van der Waals surface area contributed by atoms with Gasteiger partial charge in [-0.2, -0.15) is 0 Å². The van der Waals surface area contributed by atoms with Gasteiger partial charge in [-0.05, 0) is 25.7 Å². The molecule has 164 valence electrons. The standard InChI is InChI=1S/C24H50NS.ClH/c1-3-5-7-9-11-13-15-17-20-25(22-19-23-26-24-25)21-18-16-14-12-10-8-6-4-2;/h3-24H2,1-2H3;1H/q+1;. The van der Waals surface area contributed by atoms with Crippen LogP contribution in [0.5, 0.6) is 0 Å². The van der Waals surface area contributed by atoms with Gasteiger partial charge < -0.3 is 4.48 Å². The van der Waals surface area contributed by atoms with E-state index < -0.39 is 0 Å². The number of quaternary nitrogens is 1. The molecule has 0 radical (unpaired) electrons. The van der Waals surface area contributed by atoms with Gasteiger partial charge >= 0.3 is 0 Å². The minimum absolute atomic E-state index is 0. The van der Waals surface area contributed by atoms with Crippen molar-refractivity contribution in [2.45, 2.75) is 123 Å². The zero-order chi connectivity index (χ0) is 18.8. The first-order valence-electron chi connectivity index (χ1n) is 12.3. The number of rotatable bonds is 18. The van der Waals surface area contributed by atoms with Crippen LogP contribution in [0.25, 0.3) is 0 Å². The molecule has 3 heteroatoms. The van der Waals surface area contributed by atoms with E-state index in [9.17, 15) is 0 Å². The molecule has 0 spiro atoms. The Hall–Kier alpha value is 0.600. The fraction of sp³-hybridized carbons (Fsp3) is 1.00. The predicted octanol–water partition coefficient (Wildman–Crippen LogP) is 8.60. The molecule has 0 aromatic rings. The highest BCUT2D eigenvalue weighted by molar-refractivity contribution is 7.99. The van der Waals surface area contributed by atoms with Gasteiger partial charge in [0.1, 0.15) is 5.88 Å². The average Bonchev–Trinajstić information content (AvgIpc) is 2.67. The van der Waals surface area contributed by atoms with Gasteiger partial charge in [-0.3, -0.25) is 0 Å². The Labute approximate surface area is 182 Å². The second-order valence-electron chi connectivity index (χ2n) is 8.85. The molecule has 0 N–H and O–H groups in total. The highest BCUT2D eigenvalue weighted by atomic mass is 35.5. The summed E-state index contributed by atoms with van der Waals surface area (Å²) in [7, 11) is 0. The lowest BCUT2D eigenvalue weighted by molar-refractivity contribution is -0.918. The third-order valence-electron chi connectivity index (χ3n) is 6.26. The summed E-state index contributed by atoms with van der Waals surface area (Å²) in [6, 6.07) is 0. The van der Waals surface area contributed by atoms with Crippen molar-refractivity contribution in [1.82, 2.24) is 0 Å². The van der Waals surface area contributed by atoms with E-state index in [4.69, 9.17) is 0 Å². The lowest BCUT2D eigenvalue weighted by Crippen LogP contribution is -2.51. The van der Waals surface area contributed by atoms with Crippen molar-refractivity contribution in [3.05, 3.63) is 0 Å². The van der Waals surface area contributed by atoms with Crippen LogP contribution in [0.2, 0.25) is 0 Å². The molecule has 1 heterocycles. The van der Waals surface area contributed by atoms with Crippen LogP contribution < -0.4 is 0 Å². The minimum atomic E-state index is 0. The van der Waals surface area contributed by atoms with Crippen molar-refractivity contribution in [3.8, 4) is 0 Å². The second kappa shape index (κ2) is 19.9. The zero-order valence-corrected chi connectivity index (χ0v) is 20.5. The third-order valence-corrected chi connectivity index (χ3v) is 7.57. The molecule has 0 atom stereocenters. The predicted molar refractivity (Wildman–Crippen MR) is 129 cm³/mol. The Bertz CT molecular complexity index is 270. The Morgan fingerprint density at radius 2 is 1.00 bits per heavy atom. The van der Waals surface area contributed by atoms with Crippen molar-refractivity contribution in [3.63, 3.8) is 0 Å². The average molecular weight is 421 g/mol. The van der Waals surface area contributed by atoms with Crippen molar-refractivity contribution >= 4 is 24.2 Å². The second-order valence-corrected chi connectivity index (χ2v) is 9.93. The van der Waals surface area contributed by atoms with Crippen molar-refractivity contribution < 1.29 is 4.48 Å². The maximum Gasteiger partial charge on any atom is 0.125 e. The quantitative estimate of drug-likeness (QED) is 0.158. The summed E-state index contributed by atoms with van der Waals surface area (Å²) >= 11 is 2.23. The molecule has 0 unspecified atom stereocenters. The molecule has 0 amide bonds. The first-order valence-corrected chi connectivity index (χ1v) is 13.4. The van der Waals surface area contributed by atoms with Gasteiger partial charge in [0.05, 0.1) is 19.6 Å². The van der Waals surface area contributed by atoms with Gasteiger partial charge in [0.25, 0.3) is 0 Å². The number of hydrogen-bond acceptors (Lipinski definition) is 1. The Kier molecular flexibility index (Phi) is 20.3. The topological polar surface area (TPSA) is 0 Å². The van der Waals surface area contributed by atoms with Crippen molar-refractivity contribution in [2.24, 2.45) is 0 Å². The molecular formula is C24H51ClNS+. The van der Waals surface area contributed by atoms with E-state index in [1.165, 1.54) is 145 Å². The van der Waals surface area contributed by atoms with Crippen LogP contribution in [0.3, 0.4) is 0 Å². The monoisotopic (exact) mass is 420 g/mol. The first kappa shape index (κ1) is 27.6. The fourth-order valence-corrected chi connectivity index (χ4v) is 5.69. The lowest BCUT2D eigenvalue weighted by atomic mass is 10.1. The van der Waals surface area contributed by atoms with Gasteiger partial charge in [-0.1, -0.05) is 90.9 Å². The maximum absolute atomic E-state index is 2.31. The molecule has 0 aromatic heterocycles. The summed E-state index contributed by atoms with van der Waals surface area (Å²) in [5, 5.41) is 0. The highest BCUT2D eigenvalue weighted by Gasteiger charge is 2.29. The largest absolute Gasteiger partial charge is 0.315 e. The van der Waals surface area contributed by atoms with Crippen molar-refractivity contribution in [1.29, 1.82) is 0 Å². The minimum Gasteiger partial charge on any atom is -0.315 e. The van der Waals surface area contributed by atoms with E-state index in [2.05, 4.69) is 25.6 Å². The molecule has 1 nitrogen and oxygen atoms in total. The molecule has 0 saturated carbocycles.